The predicted octanol–water partition coefficient (Wildman–Crippen LogP) is 4.73. The van der Waals surface area contributed by atoms with Crippen molar-refractivity contribution in [3.05, 3.63) is 42.5 Å². The van der Waals surface area contributed by atoms with E-state index in [1.807, 2.05) is 69.9 Å². The molecule has 0 fully saturated rings. The van der Waals surface area contributed by atoms with E-state index < -0.39 is 12.5 Å². The largest absolute Gasteiger partial charge is 0.464 e. The van der Waals surface area contributed by atoms with Crippen LogP contribution in [0.2, 0.25) is 0 Å². The van der Waals surface area contributed by atoms with Crippen LogP contribution in [0, 0.1) is 5.41 Å². The van der Waals surface area contributed by atoms with Crippen LogP contribution in [-0.4, -0.2) is 25.3 Å². The third-order valence-electron chi connectivity index (χ3n) is 3.45. The zero-order valence-electron chi connectivity index (χ0n) is 15.4. The first-order valence-electron chi connectivity index (χ1n) is 8.27. The summed E-state index contributed by atoms with van der Waals surface area (Å²) < 4.78 is 11.4. The maximum absolute atomic E-state index is 12.2. The Bertz CT molecular complexity index is 795. The van der Waals surface area contributed by atoms with Crippen LogP contribution in [0.15, 0.2) is 42.5 Å². The summed E-state index contributed by atoms with van der Waals surface area (Å²) in [6.07, 6.45) is -2.41. The highest BCUT2D eigenvalue weighted by Crippen LogP contribution is 2.42. The summed E-state index contributed by atoms with van der Waals surface area (Å²) in [5, 5.41) is 5.23. The summed E-state index contributed by atoms with van der Waals surface area (Å²) in [5.41, 5.74) is -0.0682. The number of fused-ring (bicyclic) bond motifs is 1. The summed E-state index contributed by atoms with van der Waals surface area (Å²) in [6.45, 7) is 10.0. The zero-order valence-corrected chi connectivity index (χ0v) is 17.1. The van der Waals surface area contributed by atoms with Crippen LogP contribution in [-0.2, 0) is 21.3 Å². The fraction of sp³-hybridized carbons (Fsp3) is 0.421. The molecule has 1 unspecified atom stereocenters. The monoisotopic (exact) mass is 379 g/mol. The second-order valence-corrected chi connectivity index (χ2v) is 11.7. The molecular formula is C19H26NO3PS. The number of nitrogens with one attached hydrogen (secondary N) is 1. The molecule has 6 heteroatoms. The fourth-order valence-corrected chi connectivity index (χ4v) is 4.42. The molecule has 2 atom stereocenters. The van der Waals surface area contributed by atoms with Crippen LogP contribution in [0.3, 0.4) is 0 Å². The van der Waals surface area contributed by atoms with Crippen LogP contribution in [0.5, 0.6) is 5.75 Å². The maximum atomic E-state index is 12.2. The molecule has 2 aromatic carbocycles. The lowest BCUT2D eigenvalue weighted by atomic mass is 9.99. The molecule has 0 spiro atoms. The fourth-order valence-electron chi connectivity index (χ4n) is 2.31. The first kappa shape index (κ1) is 19.9. The Balaban J connectivity index is 2.06. The second-order valence-electron chi connectivity index (χ2n) is 7.43. The number of hydrogen-bond acceptors (Lipinski definition) is 4. The number of esters is 1. The van der Waals surface area contributed by atoms with Crippen molar-refractivity contribution in [3.8, 4) is 5.75 Å². The van der Waals surface area contributed by atoms with E-state index in [4.69, 9.17) is 21.1 Å². The van der Waals surface area contributed by atoms with Crippen molar-refractivity contribution in [1.82, 2.24) is 5.09 Å². The number of carbonyl (C=O) groups excluding carboxylic acids is 1. The smallest absolute Gasteiger partial charge is 0.323 e. The van der Waals surface area contributed by atoms with Crippen molar-refractivity contribution in [2.24, 2.45) is 5.41 Å². The zero-order chi connectivity index (χ0) is 18.7. The minimum absolute atomic E-state index is 0.0682. The minimum Gasteiger partial charge on any atom is -0.464 e. The molecule has 136 valence electrons. The highest BCUT2D eigenvalue weighted by molar-refractivity contribution is 8.11. The van der Waals surface area contributed by atoms with Crippen molar-refractivity contribution >= 4 is 35.0 Å². The number of benzene rings is 2. The average molecular weight is 379 g/mol. The Morgan fingerprint density at radius 1 is 1.20 bits per heavy atom. The summed E-state index contributed by atoms with van der Waals surface area (Å²) in [4.78, 5) is 12.2. The first-order valence-corrected chi connectivity index (χ1v) is 11.4. The highest BCUT2D eigenvalue weighted by atomic mass is 32.4. The van der Waals surface area contributed by atoms with Gasteiger partial charge in [-0.25, -0.2) is 5.09 Å². The summed E-state index contributed by atoms with van der Waals surface area (Å²) in [5.74, 6) is 0.416. The molecular weight excluding hydrogens is 353 g/mol. The number of rotatable bonds is 6. The quantitative estimate of drug-likeness (QED) is 0.581. The molecule has 0 saturated carbocycles. The van der Waals surface area contributed by atoms with Crippen molar-refractivity contribution in [3.63, 3.8) is 0 Å². The van der Waals surface area contributed by atoms with E-state index in [1.54, 1.807) is 6.92 Å². The molecule has 0 aromatic heterocycles. The van der Waals surface area contributed by atoms with Crippen molar-refractivity contribution in [2.75, 3.05) is 13.3 Å². The van der Waals surface area contributed by atoms with Crippen molar-refractivity contribution in [2.45, 2.75) is 33.7 Å². The third kappa shape index (κ3) is 6.10. The van der Waals surface area contributed by atoms with Crippen LogP contribution in [0.4, 0.5) is 0 Å². The van der Waals surface area contributed by atoms with E-state index in [0.29, 0.717) is 6.61 Å². The van der Waals surface area contributed by atoms with Gasteiger partial charge in [-0.15, -0.1) is 0 Å². The number of hydrogen-bond donors (Lipinski definition) is 1. The van der Waals surface area contributed by atoms with Gasteiger partial charge >= 0.3 is 5.97 Å². The van der Waals surface area contributed by atoms with Gasteiger partial charge in [0.05, 0.1) is 6.61 Å². The molecule has 0 amide bonds. The first-order chi connectivity index (χ1) is 11.6. The molecule has 0 aliphatic carbocycles. The van der Waals surface area contributed by atoms with Gasteiger partial charge in [0, 0.05) is 12.1 Å². The average Bonchev–Trinajstić information content (AvgIpc) is 2.51. The molecule has 1 N–H and O–H groups in total. The standard InChI is InChI=1S/C19H26NO3PS/c1-14(18(21)22-13-19(2,3)4)20-24(5,25)23-17-12-8-10-15-9-6-7-11-16(15)17/h6-12,14H,13H2,1-5H3,(H,20,25)/t14-,24?/m1/s1. The molecule has 0 aliphatic rings. The molecule has 0 saturated heterocycles. The number of carbonyl (C=O) groups is 1. The van der Waals surface area contributed by atoms with Gasteiger partial charge in [-0.2, -0.15) is 0 Å². The van der Waals surface area contributed by atoms with E-state index >= 15 is 0 Å². The van der Waals surface area contributed by atoms with Gasteiger partial charge in [-0.3, -0.25) is 4.79 Å². The van der Waals surface area contributed by atoms with E-state index in [-0.39, 0.29) is 11.4 Å². The van der Waals surface area contributed by atoms with Crippen LogP contribution >= 0.6 is 6.42 Å². The van der Waals surface area contributed by atoms with Crippen LogP contribution < -0.4 is 9.61 Å². The maximum Gasteiger partial charge on any atom is 0.323 e. The molecule has 2 rings (SSSR count). The van der Waals surface area contributed by atoms with Gasteiger partial charge in [-0.1, -0.05) is 57.2 Å². The SMILES string of the molecule is C[C@@H](NP(C)(=S)Oc1cccc2ccccc12)C(=O)OCC(C)(C)C. The van der Waals surface area contributed by atoms with E-state index in [1.165, 1.54) is 0 Å². The molecule has 25 heavy (non-hydrogen) atoms. The van der Waals surface area contributed by atoms with Crippen molar-refractivity contribution in [1.29, 1.82) is 0 Å². The lowest BCUT2D eigenvalue weighted by molar-refractivity contribution is -0.147. The van der Waals surface area contributed by atoms with E-state index in [9.17, 15) is 4.79 Å². The summed E-state index contributed by atoms with van der Waals surface area (Å²) in [7, 11) is 0. The molecule has 0 aliphatic heterocycles. The molecule has 2 aromatic rings. The van der Waals surface area contributed by atoms with E-state index in [0.717, 1.165) is 16.5 Å². The molecule has 0 radical (unpaired) electrons. The third-order valence-corrected chi connectivity index (χ3v) is 5.39. The topological polar surface area (TPSA) is 47.6 Å². The van der Waals surface area contributed by atoms with Gasteiger partial charge in [-0.05, 0) is 35.6 Å². The van der Waals surface area contributed by atoms with Gasteiger partial charge < -0.3 is 9.26 Å². The molecule has 0 heterocycles. The second kappa shape index (κ2) is 7.86. The minimum atomic E-state index is -2.41. The van der Waals surface area contributed by atoms with Crippen LogP contribution in [0.1, 0.15) is 27.7 Å². The Labute approximate surface area is 155 Å². The molecule has 0 bridgehead atoms. The Hall–Kier alpha value is -1.42. The Kier molecular flexibility index (Phi) is 6.26. The van der Waals surface area contributed by atoms with Gasteiger partial charge in [0.2, 0.25) is 0 Å². The lowest BCUT2D eigenvalue weighted by Crippen LogP contribution is -2.35. The van der Waals surface area contributed by atoms with Crippen LogP contribution in [0.25, 0.3) is 10.8 Å². The van der Waals surface area contributed by atoms with Gasteiger partial charge in [0.15, 0.2) is 6.42 Å². The Morgan fingerprint density at radius 3 is 2.52 bits per heavy atom. The van der Waals surface area contributed by atoms with Crippen molar-refractivity contribution < 1.29 is 14.1 Å². The molecule has 4 nitrogen and oxygen atoms in total. The highest BCUT2D eigenvalue weighted by Gasteiger charge is 2.24. The van der Waals surface area contributed by atoms with Gasteiger partial charge in [0.25, 0.3) is 0 Å². The summed E-state index contributed by atoms with van der Waals surface area (Å²) >= 11 is 5.61. The number of ether oxygens (including phenoxy) is 1. The Morgan fingerprint density at radius 2 is 1.84 bits per heavy atom. The van der Waals surface area contributed by atoms with E-state index in [2.05, 4.69) is 5.09 Å². The predicted molar refractivity (Wildman–Crippen MR) is 108 cm³/mol. The lowest BCUT2D eigenvalue weighted by Gasteiger charge is -2.25. The normalized spacial score (nSPS) is 15.4. The van der Waals surface area contributed by atoms with Gasteiger partial charge in [0.1, 0.15) is 11.8 Å². The summed E-state index contributed by atoms with van der Waals surface area (Å²) in [6, 6.07) is 13.3.